The second-order valence-corrected chi connectivity index (χ2v) is 8.29. The van der Waals surface area contributed by atoms with Gasteiger partial charge in [-0.25, -0.2) is 0 Å². The van der Waals surface area contributed by atoms with E-state index < -0.39 is 13.2 Å². The quantitative estimate of drug-likeness (QED) is 0.715. The maximum absolute atomic E-state index is 5.79. The van der Waals surface area contributed by atoms with Gasteiger partial charge in [-0.05, 0) is 12.1 Å². The molecule has 1 nitrogen and oxygen atoms in total. The van der Waals surface area contributed by atoms with Crippen LogP contribution in [0.15, 0.2) is 42.6 Å². The summed E-state index contributed by atoms with van der Waals surface area (Å²) >= 11 is -0.688. The van der Waals surface area contributed by atoms with E-state index in [2.05, 4.69) is 31.0 Å². The van der Waals surface area contributed by atoms with Gasteiger partial charge in [0.25, 0.3) is 0 Å². The van der Waals surface area contributed by atoms with Crippen LogP contribution in [0.1, 0.15) is 13.8 Å². The van der Waals surface area contributed by atoms with E-state index in [-0.39, 0.29) is 0 Å². The van der Waals surface area contributed by atoms with Crippen LogP contribution in [0.4, 0.5) is 0 Å². The second-order valence-electron chi connectivity index (χ2n) is 3.61. The third-order valence-electron chi connectivity index (χ3n) is 2.40. The highest BCUT2D eigenvalue weighted by Gasteiger charge is 2.04. The Bertz CT molecular complexity index is 350. The van der Waals surface area contributed by atoms with Crippen LogP contribution in [0.25, 0.3) is 10.9 Å². The number of nitrogens with zero attached hydrogens (tertiary/aromatic N) is 1. The fourth-order valence-electron chi connectivity index (χ4n) is 1.30. The topological polar surface area (TPSA) is 12.9 Å². The molecule has 1 heterocycles. The van der Waals surface area contributed by atoms with Gasteiger partial charge < -0.3 is 0 Å². The van der Waals surface area contributed by atoms with Crippen LogP contribution < -0.4 is 0 Å². The average Bonchev–Trinajstić information content (AvgIpc) is 2.38. The van der Waals surface area contributed by atoms with Crippen LogP contribution >= 0.6 is 10.0 Å². The van der Waals surface area contributed by atoms with Crippen molar-refractivity contribution < 1.29 is 0 Å². The fourth-order valence-corrected chi connectivity index (χ4v) is 1.88. The van der Waals surface area contributed by atoms with E-state index in [1.165, 1.54) is 16.0 Å². The van der Waals surface area contributed by atoms with Crippen molar-refractivity contribution in [2.24, 2.45) is 0 Å². The molecule has 2 aromatic rings. The Morgan fingerprint density at radius 1 is 1.06 bits per heavy atom. The highest BCUT2D eigenvalue weighted by Crippen LogP contribution is 2.07. The number of hydrogen-bond acceptors (Lipinski definition) is 1. The Balaban J connectivity index is 0.000000187. The van der Waals surface area contributed by atoms with Crippen LogP contribution in [0.5, 0.6) is 0 Å². The van der Waals surface area contributed by atoms with Crippen molar-refractivity contribution in [2.75, 3.05) is 0 Å². The lowest BCUT2D eigenvalue weighted by Gasteiger charge is -1.91. The molecule has 1 aromatic heterocycles. The Morgan fingerprint density at radius 2 is 1.69 bits per heavy atom. The first-order chi connectivity index (χ1) is 7.77. The van der Waals surface area contributed by atoms with Crippen molar-refractivity contribution >= 4 is 34.2 Å². The zero-order chi connectivity index (χ0) is 11.8. The summed E-state index contributed by atoms with van der Waals surface area (Å²) in [6.45, 7) is 4.32. The molecule has 0 spiro atoms. The number of rotatable bonds is 2. The Kier molecular flexibility index (Phi) is 6.49. The van der Waals surface area contributed by atoms with Gasteiger partial charge in [0.2, 0.25) is 0 Å². The van der Waals surface area contributed by atoms with Gasteiger partial charge in [0.1, 0.15) is 0 Å². The normalized spacial score (nSPS) is 9.44. The maximum atomic E-state index is 5.79. The van der Waals surface area contributed by atoms with E-state index in [0.29, 0.717) is 0 Å². The molecule has 0 aliphatic rings. The number of para-hydroxylation sites is 1. The fraction of sp³-hybridized carbons (Fsp3) is 0.308. The van der Waals surface area contributed by atoms with Gasteiger partial charge in [-0.1, -0.05) is 48.7 Å². The average molecular weight is 250 g/mol. The van der Waals surface area contributed by atoms with Crippen LogP contribution in [-0.4, -0.2) is 18.2 Å². The Morgan fingerprint density at radius 3 is 2.25 bits per heavy atom. The van der Waals surface area contributed by atoms with Crippen molar-refractivity contribution in [3.8, 4) is 0 Å². The first kappa shape index (κ1) is 13.5. The molecular formula is C13H17AlClN. The summed E-state index contributed by atoms with van der Waals surface area (Å²) in [5.41, 5.74) is 1.06. The predicted octanol–water partition coefficient (Wildman–Crippen LogP) is 4.49. The molecule has 0 fully saturated rings. The SMILES string of the molecule is C[CH2][Al]([Cl])[CH2]C.c1ccc2ncccc2c1. The van der Waals surface area contributed by atoms with Crippen molar-refractivity contribution in [1.29, 1.82) is 0 Å². The molecule has 0 radical (unpaired) electrons. The maximum Gasteiger partial charge on any atom is 0.399 e. The zero-order valence-corrected chi connectivity index (χ0v) is 11.8. The van der Waals surface area contributed by atoms with Gasteiger partial charge in [-0.2, -0.15) is 0 Å². The molecule has 1 aromatic carbocycles. The molecule has 0 N–H and O–H groups in total. The number of halogens is 1. The first-order valence-corrected chi connectivity index (χ1v) is 9.09. The number of aromatic nitrogens is 1. The lowest BCUT2D eigenvalue weighted by atomic mass is 10.2. The number of hydrogen-bond donors (Lipinski definition) is 0. The predicted molar refractivity (Wildman–Crippen MR) is 74.3 cm³/mol. The number of pyridine rings is 1. The van der Waals surface area contributed by atoms with Crippen LogP contribution in [-0.2, 0) is 0 Å². The Labute approximate surface area is 106 Å². The highest BCUT2D eigenvalue weighted by atomic mass is 35.6. The van der Waals surface area contributed by atoms with Gasteiger partial charge in [-0.3, -0.25) is 15.0 Å². The summed E-state index contributed by atoms with van der Waals surface area (Å²) in [4.78, 5) is 4.18. The standard InChI is InChI=1S/C9H7N.2C2H5.Al.ClH/c1-2-6-9-8(4-1)5-3-7-10-9;2*1-2;;/h1-7H;2*1H2,2H3;;1H/q;;;+1;/p-1. The van der Waals surface area contributed by atoms with Crippen molar-refractivity contribution in [3.05, 3.63) is 42.6 Å². The van der Waals surface area contributed by atoms with Gasteiger partial charge in [0.05, 0.1) is 5.52 Å². The molecule has 0 bridgehead atoms. The molecule has 0 unspecified atom stereocenters. The smallest absolute Gasteiger partial charge is 0.261 e. The van der Waals surface area contributed by atoms with Crippen LogP contribution in [0, 0.1) is 0 Å². The molecule has 0 saturated heterocycles. The van der Waals surface area contributed by atoms with E-state index in [1.54, 1.807) is 0 Å². The van der Waals surface area contributed by atoms with Crippen LogP contribution in [0.2, 0.25) is 10.6 Å². The summed E-state index contributed by atoms with van der Waals surface area (Å²) in [5.74, 6) is 0. The minimum Gasteiger partial charge on any atom is -0.261 e. The summed E-state index contributed by atoms with van der Waals surface area (Å²) < 4.78 is 0. The first-order valence-electron chi connectivity index (χ1n) is 5.71. The molecule has 0 atom stereocenters. The number of fused-ring (bicyclic) bond motifs is 1. The van der Waals surface area contributed by atoms with E-state index in [9.17, 15) is 0 Å². The van der Waals surface area contributed by atoms with Gasteiger partial charge in [-0.15, -0.1) is 0 Å². The van der Waals surface area contributed by atoms with E-state index >= 15 is 0 Å². The second kappa shape index (κ2) is 7.68. The van der Waals surface area contributed by atoms with E-state index in [4.69, 9.17) is 10.0 Å². The lowest BCUT2D eigenvalue weighted by Crippen LogP contribution is -1.95. The summed E-state index contributed by atoms with van der Waals surface area (Å²) in [6, 6.07) is 12.1. The minimum absolute atomic E-state index is 0.688. The molecule has 3 heteroatoms. The zero-order valence-electron chi connectivity index (χ0n) is 9.86. The van der Waals surface area contributed by atoms with E-state index in [0.717, 1.165) is 5.52 Å². The largest absolute Gasteiger partial charge is 0.399 e. The summed E-state index contributed by atoms with van der Waals surface area (Å²) in [6.07, 6.45) is 1.81. The minimum atomic E-state index is -0.688. The van der Waals surface area contributed by atoms with E-state index in [1.807, 2.05) is 30.5 Å². The third-order valence-corrected chi connectivity index (χ3v) is 6.02. The summed E-state index contributed by atoms with van der Waals surface area (Å²) in [7, 11) is 5.79. The van der Waals surface area contributed by atoms with Crippen molar-refractivity contribution in [1.82, 2.24) is 4.98 Å². The van der Waals surface area contributed by atoms with Crippen molar-refractivity contribution in [2.45, 2.75) is 24.4 Å². The molecular weight excluding hydrogens is 233 g/mol. The molecule has 0 amide bonds. The van der Waals surface area contributed by atoms with Crippen molar-refractivity contribution in [3.63, 3.8) is 0 Å². The third kappa shape index (κ3) is 4.53. The van der Waals surface area contributed by atoms with Crippen LogP contribution in [0.3, 0.4) is 0 Å². The monoisotopic (exact) mass is 249 g/mol. The molecule has 0 aliphatic carbocycles. The van der Waals surface area contributed by atoms with Gasteiger partial charge >= 0.3 is 13.2 Å². The molecule has 0 aliphatic heterocycles. The van der Waals surface area contributed by atoms with Gasteiger partial charge in [0.15, 0.2) is 0 Å². The number of benzene rings is 1. The highest BCUT2D eigenvalue weighted by molar-refractivity contribution is 7.06. The Hall–Kier alpha value is -0.548. The molecule has 84 valence electrons. The lowest BCUT2D eigenvalue weighted by molar-refractivity contribution is 1.35. The molecule has 2 rings (SSSR count). The van der Waals surface area contributed by atoms with Gasteiger partial charge in [0, 0.05) is 11.6 Å². The summed E-state index contributed by atoms with van der Waals surface area (Å²) in [5, 5.41) is 3.67. The molecule has 0 saturated carbocycles. The molecule has 16 heavy (non-hydrogen) atoms.